The van der Waals surface area contributed by atoms with Crippen LogP contribution in [0.25, 0.3) is 0 Å². The number of carbonyl (C=O) groups excluding carboxylic acids is 2. The van der Waals surface area contributed by atoms with Gasteiger partial charge in [-0.2, -0.15) is 5.26 Å². The molecule has 0 radical (unpaired) electrons. The van der Waals surface area contributed by atoms with Gasteiger partial charge in [-0.15, -0.1) is 0 Å². The molecule has 0 atom stereocenters. The van der Waals surface area contributed by atoms with Crippen molar-refractivity contribution in [3.8, 4) is 6.07 Å². The Morgan fingerprint density at radius 3 is 2.75 bits per heavy atom. The maximum atomic E-state index is 11.4. The summed E-state index contributed by atoms with van der Waals surface area (Å²) >= 11 is 0. The molecular weight excluding hydrogens is 208 g/mol. The van der Waals surface area contributed by atoms with E-state index in [0.29, 0.717) is 11.3 Å². The van der Waals surface area contributed by atoms with Crippen LogP contribution in [0.5, 0.6) is 0 Å². The largest absolute Gasteiger partial charge is 0.368 e. The molecule has 1 rings (SSSR count). The van der Waals surface area contributed by atoms with Gasteiger partial charge in [-0.3, -0.25) is 9.59 Å². The lowest BCUT2D eigenvalue weighted by Gasteiger charge is -2.03. The zero-order chi connectivity index (χ0) is 12.1. The fourth-order valence-electron chi connectivity index (χ4n) is 1.06. The van der Waals surface area contributed by atoms with Crippen molar-refractivity contribution in [3.63, 3.8) is 0 Å². The molecular formula is C10H10N4O2. The van der Waals surface area contributed by atoms with E-state index in [4.69, 9.17) is 11.0 Å². The monoisotopic (exact) mass is 218 g/mol. The maximum Gasteiger partial charge on any atom is 0.270 e. The van der Waals surface area contributed by atoms with Crippen LogP contribution >= 0.6 is 0 Å². The lowest BCUT2D eigenvalue weighted by atomic mass is 10.2. The summed E-state index contributed by atoms with van der Waals surface area (Å²) in [5, 5.41) is 11.0. The molecule has 6 nitrogen and oxygen atoms in total. The van der Waals surface area contributed by atoms with E-state index in [1.807, 2.05) is 6.07 Å². The molecule has 0 aliphatic rings. The number of aryl methyl sites for hydroxylation is 1. The highest BCUT2D eigenvalue weighted by Gasteiger charge is 2.09. The van der Waals surface area contributed by atoms with E-state index >= 15 is 0 Å². The molecule has 0 saturated carbocycles. The van der Waals surface area contributed by atoms with Crippen molar-refractivity contribution >= 4 is 11.8 Å². The van der Waals surface area contributed by atoms with Crippen LogP contribution in [0.1, 0.15) is 21.7 Å². The minimum atomic E-state index is -0.626. The quantitative estimate of drug-likeness (QED) is 0.711. The highest BCUT2D eigenvalue weighted by atomic mass is 16.2. The minimum absolute atomic E-state index is 0.151. The zero-order valence-electron chi connectivity index (χ0n) is 8.65. The SMILES string of the molecule is Cc1nc(C(=O)NCC(N)=O)ccc1C#N. The van der Waals surface area contributed by atoms with Crippen LogP contribution < -0.4 is 11.1 Å². The third-order valence-corrected chi connectivity index (χ3v) is 1.86. The number of hydrogen-bond donors (Lipinski definition) is 2. The summed E-state index contributed by atoms with van der Waals surface area (Å²) in [5.74, 6) is -1.12. The summed E-state index contributed by atoms with van der Waals surface area (Å²) in [5.41, 5.74) is 5.90. The number of hydrogen-bond acceptors (Lipinski definition) is 4. The lowest BCUT2D eigenvalue weighted by Crippen LogP contribution is -2.33. The predicted octanol–water partition coefficient (Wildman–Crippen LogP) is -0.523. The van der Waals surface area contributed by atoms with E-state index in [9.17, 15) is 9.59 Å². The van der Waals surface area contributed by atoms with Crippen molar-refractivity contribution in [3.05, 3.63) is 29.1 Å². The van der Waals surface area contributed by atoms with Gasteiger partial charge in [0.15, 0.2) is 0 Å². The van der Waals surface area contributed by atoms with E-state index in [1.54, 1.807) is 6.92 Å². The number of nitrogens with zero attached hydrogens (tertiary/aromatic N) is 2. The smallest absolute Gasteiger partial charge is 0.270 e. The molecule has 0 fully saturated rings. The third-order valence-electron chi connectivity index (χ3n) is 1.86. The minimum Gasteiger partial charge on any atom is -0.368 e. The first kappa shape index (κ1) is 11.7. The molecule has 3 N–H and O–H groups in total. The molecule has 6 heteroatoms. The lowest BCUT2D eigenvalue weighted by molar-refractivity contribution is -0.117. The average Bonchev–Trinajstić information content (AvgIpc) is 2.25. The van der Waals surface area contributed by atoms with Gasteiger partial charge in [0.1, 0.15) is 11.8 Å². The zero-order valence-corrected chi connectivity index (χ0v) is 8.65. The van der Waals surface area contributed by atoms with Crippen LogP contribution in [0, 0.1) is 18.3 Å². The fourth-order valence-corrected chi connectivity index (χ4v) is 1.06. The number of carbonyl (C=O) groups is 2. The van der Waals surface area contributed by atoms with Gasteiger partial charge in [-0.05, 0) is 19.1 Å². The maximum absolute atomic E-state index is 11.4. The van der Waals surface area contributed by atoms with Crippen LogP contribution in [0.15, 0.2) is 12.1 Å². The van der Waals surface area contributed by atoms with E-state index in [1.165, 1.54) is 12.1 Å². The molecule has 0 aromatic carbocycles. The first-order valence-electron chi connectivity index (χ1n) is 4.49. The van der Waals surface area contributed by atoms with Crippen molar-refractivity contribution in [2.24, 2.45) is 5.73 Å². The number of pyridine rings is 1. The van der Waals surface area contributed by atoms with E-state index in [2.05, 4.69) is 10.3 Å². The molecule has 0 bridgehead atoms. The van der Waals surface area contributed by atoms with Crippen LogP contribution in [0.2, 0.25) is 0 Å². The van der Waals surface area contributed by atoms with Crippen LogP contribution in [-0.4, -0.2) is 23.3 Å². The number of nitrogens with two attached hydrogens (primary N) is 1. The number of amides is 2. The number of nitriles is 1. The molecule has 0 aliphatic carbocycles. The van der Waals surface area contributed by atoms with Crippen molar-refractivity contribution in [1.82, 2.24) is 10.3 Å². The van der Waals surface area contributed by atoms with Gasteiger partial charge in [-0.25, -0.2) is 4.98 Å². The van der Waals surface area contributed by atoms with Gasteiger partial charge in [0.2, 0.25) is 5.91 Å². The standard InChI is InChI=1S/C10H10N4O2/c1-6-7(4-11)2-3-8(14-6)10(16)13-5-9(12)15/h2-3H,5H2,1H3,(H2,12,15)(H,13,16). The topological polar surface area (TPSA) is 109 Å². The van der Waals surface area contributed by atoms with Gasteiger partial charge in [0.25, 0.3) is 5.91 Å². The van der Waals surface area contributed by atoms with Gasteiger partial charge in [0.05, 0.1) is 17.8 Å². The second-order valence-electron chi connectivity index (χ2n) is 3.09. The molecule has 1 heterocycles. The Labute approximate surface area is 92.1 Å². The Balaban J connectivity index is 2.82. The molecule has 0 aliphatic heterocycles. The molecule has 1 aromatic rings. The normalized spacial score (nSPS) is 9.25. The Bertz CT molecular complexity index is 476. The molecule has 0 saturated heterocycles. The van der Waals surface area contributed by atoms with Gasteiger partial charge in [0, 0.05) is 0 Å². The molecule has 1 aromatic heterocycles. The summed E-state index contributed by atoms with van der Waals surface area (Å²) in [6, 6.07) is 4.86. The Morgan fingerprint density at radius 2 is 2.25 bits per heavy atom. The van der Waals surface area contributed by atoms with Crippen molar-refractivity contribution in [2.45, 2.75) is 6.92 Å². The summed E-state index contributed by atoms with van der Waals surface area (Å²) in [4.78, 5) is 25.8. The van der Waals surface area contributed by atoms with Crippen molar-refractivity contribution < 1.29 is 9.59 Å². The van der Waals surface area contributed by atoms with E-state index < -0.39 is 11.8 Å². The van der Waals surface area contributed by atoms with Crippen molar-refractivity contribution in [1.29, 1.82) is 5.26 Å². The molecule has 0 unspecified atom stereocenters. The molecule has 2 amide bonds. The summed E-state index contributed by atoms with van der Waals surface area (Å²) < 4.78 is 0. The summed E-state index contributed by atoms with van der Waals surface area (Å²) in [6.45, 7) is 1.39. The third kappa shape index (κ3) is 2.78. The van der Waals surface area contributed by atoms with Crippen LogP contribution in [0.3, 0.4) is 0 Å². The Hall–Kier alpha value is -2.42. The first-order valence-corrected chi connectivity index (χ1v) is 4.49. The molecule has 0 spiro atoms. The molecule has 82 valence electrons. The second kappa shape index (κ2) is 4.89. The number of aromatic nitrogens is 1. The summed E-state index contributed by atoms with van der Waals surface area (Å²) in [6.07, 6.45) is 0. The van der Waals surface area contributed by atoms with E-state index in [-0.39, 0.29) is 12.2 Å². The van der Waals surface area contributed by atoms with Crippen LogP contribution in [0.4, 0.5) is 0 Å². The number of rotatable bonds is 3. The van der Waals surface area contributed by atoms with Gasteiger partial charge in [-0.1, -0.05) is 0 Å². The van der Waals surface area contributed by atoms with Crippen molar-refractivity contribution in [2.75, 3.05) is 6.54 Å². The van der Waals surface area contributed by atoms with E-state index in [0.717, 1.165) is 0 Å². The average molecular weight is 218 g/mol. The van der Waals surface area contributed by atoms with Gasteiger partial charge < -0.3 is 11.1 Å². The highest BCUT2D eigenvalue weighted by Crippen LogP contribution is 2.05. The predicted molar refractivity (Wildman–Crippen MR) is 55.2 cm³/mol. The van der Waals surface area contributed by atoms with Crippen LogP contribution in [-0.2, 0) is 4.79 Å². The number of nitrogens with one attached hydrogen (secondary N) is 1. The molecule has 16 heavy (non-hydrogen) atoms. The Kier molecular flexibility index (Phi) is 3.56. The Morgan fingerprint density at radius 1 is 1.56 bits per heavy atom. The van der Waals surface area contributed by atoms with Gasteiger partial charge >= 0.3 is 0 Å². The highest BCUT2D eigenvalue weighted by molar-refractivity contribution is 5.94. The fraction of sp³-hybridized carbons (Fsp3) is 0.200. The summed E-state index contributed by atoms with van der Waals surface area (Å²) in [7, 11) is 0. The first-order chi connectivity index (χ1) is 7.54. The second-order valence-corrected chi connectivity index (χ2v) is 3.09. The number of primary amides is 1.